The van der Waals surface area contributed by atoms with E-state index in [4.69, 9.17) is 4.74 Å². The number of amides is 2. The molecule has 2 amide bonds. The number of nitrogens with zero attached hydrogens (tertiary/aromatic N) is 1. The number of carbonyl (C=O) groups excluding carboxylic acids is 1. The van der Waals surface area contributed by atoms with Gasteiger partial charge in [-0.2, -0.15) is 0 Å². The number of anilines is 1. The molecule has 0 radical (unpaired) electrons. The number of thiophene rings is 1. The Morgan fingerprint density at radius 1 is 0.971 bits per heavy atom. The normalized spacial score (nSPS) is 10.9. The van der Waals surface area contributed by atoms with E-state index in [1.54, 1.807) is 18.4 Å². The highest BCUT2D eigenvalue weighted by Crippen LogP contribution is 2.37. The molecule has 2 aromatic heterocycles. The molecule has 0 aliphatic heterocycles. The van der Waals surface area contributed by atoms with Crippen LogP contribution in [-0.4, -0.2) is 17.7 Å². The topological polar surface area (TPSA) is 55.3 Å². The van der Waals surface area contributed by atoms with Gasteiger partial charge in [0.2, 0.25) is 0 Å². The first-order valence-electron chi connectivity index (χ1n) is 11.5. The van der Waals surface area contributed by atoms with E-state index in [1.807, 2.05) is 31.2 Å². The minimum Gasteiger partial charge on any atom is -0.495 e. The van der Waals surface area contributed by atoms with Gasteiger partial charge in [-0.15, -0.1) is 11.3 Å². The Bertz CT molecular complexity index is 1460. The van der Waals surface area contributed by atoms with Gasteiger partial charge in [0.1, 0.15) is 5.75 Å². The lowest BCUT2D eigenvalue weighted by Gasteiger charge is -2.14. The molecule has 6 heteroatoms. The van der Waals surface area contributed by atoms with Gasteiger partial charge in [0.15, 0.2) is 0 Å². The monoisotopic (exact) mass is 481 g/mol. The molecule has 0 saturated heterocycles. The summed E-state index contributed by atoms with van der Waals surface area (Å²) >= 11 is 1.71. The lowest BCUT2D eigenvalue weighted by atomic mass is 10.1. The van der Waals surface area contributed by atoms with Gasteiger partial charge in [-0.1, -0.05) is 60.7 Å². The molecule has 0 spiro atoms. The summed E-state index contributed by atoms with van der Waals surface area (Å²) in [4.78, 5) is 14.1. The Kier molecular flexibility index (Phi) is 6.55. The fraction of sp³-hybridized carbons (Fsp3) is 0.138. The largest absolute Gasteiger partial charge is 0.495 e. The number of aromatic nitrogens is 1. The molecule has 3 aromatic carbocycles. The van der Waals surface area contributed by atoms with Crippen molar-refractivity contribution in [1.29, 1.82) is 0 Å². The average molecular weight is 482 g/mol. The van der Waals surface area contributed by atoms with Gasteiger partial charge in [0.05, 0.1) is 23.4 Å². The van der Waals surface area contributed by atoms with Gasteiger partial charge in [-0.3, -0.25) is 0 Å². The van der Waals surface area contributed by atoms with Crippen LogP contribution < -0.4 is 15.4 Å². The number of methoxy groups -OCH3 is 1. The highest BCUT2D eigenvalue weighted by molar-refractivity contribution is 7.13. The molecule has 5 nitrogen and oxygen atoms in total. The Morgan fingerprint density at radius 2 is 1.77 bits per heavy atom. The number of hydrogen-bond donors (Lipinski definition) is 2. The van der Waals surface area contributed by atoms with Gasteiger partial charge in [-0.05, 0) is 47.7 Å². The number of carbonyl (C=O) groups is 1. The molecule has 0 saturated carbocycles. The molecule has 35 heavy (non-hydrogen) atoms. The second kappa shape index (κ2) is 10.1. The van der Waals surface area contributed by atoms with Crippen molar-refractivity contribution >= 4 is 34.0 Å². The van der Waals surface area contributed by atoms with E-state index in [9.17, 15) is 4.79 Å². The number of rotatable bonds is 7. The highest BCUT2D eigenvalue weighted by atomic mass is 32.1. The lowest BCUT2D eigenvalue weighted by molar-refractivity contribution is 0.251. The van der Waals surface area contributed by atoms with Crippen LogP contribution in [0, 0.1) is 6.92 Å². The Hall–Kier alpha value is -4.03. The van der Waals surface area contributed by atoms with E-state index < -0.39 is 0 Å². The van der Waals surface area contributed by atoms with Crippen molar-refractivity contribution in [1.82, 2.24) is 9.88 Å². The molecule has 0 unspecified atom stereocenters. The molecule has 0 atom stereocenters. The van der Waals surface area contributed by atoms with E-state index in [2.05, 4.69) is 81.2 Å². The summed E-state index contributed by atoms with van der Waals surface area (Å²) in [6, 6.07) is 28.5. The van der Waals surface area contributed by atoms with Gasteiger partial charge in [0, 0.05) is 29.6 Å². The van der Waals surface area contributed by atoms with Gasteiger partial charge in [-0.25, -0.2) is 4.79 Å². The van der Waals surface area contributed by atoms with Crippen LogP contribution in [0.4, 0.5) is 10.5 Å². The molecule has 2 N–H and O–H groups in total. The maximum absolute atomic E-state index is 12.9. The molecule has 5 aromatic rings. The van der Waals surface area contributed by atoms with Crippen molar-refractivity contribution in [3.63, 3.8) is 0 Å². The summed E-state index contributed by atoms with van der Waals surface area (Å²) in [5.41, 5.74) is 6.32. The molecule has 0 fully saturated rings. The maximum atomic E-state index is 12.9. The minimum absolute atomic E-state index is 0.272. The number of nitrogens with one attached hydrogen (secondary N) is 2. The molecular weight excluding hydrogens is 454 g/mol. The molecule has 0 bridgehead atoms. The van der Waals surface area contributed by atoms with Gasteiger partial charge in [0.25, 0.3) is 0 Å². The molecule has 2 heterocycles. The van der Waals surface area contributed by atoms with E-state index in [-0.39, 0.29) is 6.03 Å². The van der Waals surface area contributed by atoms with Crippen molar-refractivity contribution in [3.8, 4) is 16.3 Å². The zero-order valence-corrected chi connectivity index (χ0v) is 20.6. The van der Waals surface area contributed by atoms with Crippen LogP contribution in [0.5, 0.6) is 5.75 Å². The second-order valence-corrected chi connectivity index (χ2v) is 9.35. The standard InChI is InChI=1S/C29H27N3O2S/c1-20-14-15-26(34-2)24(17-20)31-29(33)30-18-23-22-11-6-7-12-25(22)32(19-21-9-4-3-5-10-21)28(23)27-13-8-16-35-27/h3-17H,18-19H2,1-2H3,(H2,30,31,33). The predicted octanol–water partition coefficient (Wildman–Crippen LogP) is 7.06. The molecule has 0 aliphatic carbocycles. The molecule has 176 valence electrons. The zero-order chi connectivity index (χ0) is 24.2. The van der Waals surface area contributed by atoms with E-state index in [1.165, 1.54) is 10.4 Å². The summed E-state index contributed by atoms with van der Waals surface area (Å²) in [5, 5.41) is 9.25. The van der Waals surface area contributed by atoms with Crippen molar-refractivity contribution in [2.45, 2.75) is 20.0 Å². The number of para-hydroxylation sites is 1. The summed E-state index contributed by atoms with van der Waals surface area (Å²) in [7, 11) is 1.60. The third-order valence-corrected chi connectivity index (χ3v) is 6.92. The van der Waals surface area contributed by atoms with Crippen molar-refractivity contribution in [2.75, 3.05) is 12.4 Å². The van der Waals surface area contributed by atoms with Crippen LogP contribution in [0.1, 0.15) is 16.7 Å². The number of benzene rings is 3. The Morgan fingerprint density at radius 3 is 2.54 bits per heavy atom. The third-order valence-electron chi connectivity index (χ3n) is 6.04. The number of urea groups is 1. The summed E-state index contributed by atoms with van der Waals surface area (Å²) in [5.74, 6) is 0.629. The van der Waals surface area contributed by atoms with Gasteiger partial charge >= 0.3 is 6.03 Å². The smallest absolute Gasteiger partial charge is 0.319 e. The van der Waals surface area contributed by atoms with Crippen LogP contribution in [0.3, 0.4) is 0 Å². The Labute approximate surface area is 209 Å². The van der Waals surface area contributed by atoms with E-state index in [0.717, 1.165) is 34.3 Å². The number of fused-ring (bicyclic) bond motifs is 1. The quantitative estimate of drug-likeness (QED) is 0.261. The second-order valence-electron chi connectivity index (χ2n) is 8.40. The molecule has 5 rings (SSSR count). The number of aryl methyl sites for hydroxylation is 1. The fourth-order valence-corrected chi connectivity index (χ4v) is 5.24. The summed E-state index contributed by atoms with van der Waals surface area (Å²) in [6.45, 7) is 3.13. The molecular formula is C29H27N3O2S. The fourth-order valence-electron chi connectivity index (χ4n) is 4.43. The van der Waals surface area contributed by atoms with Crippen LogP contribution in [0.25, 0.3) is 21.5 Å². The maximum Gasteiger partial charge on any atom is 0.319 e. The third kappa shape index (κ3) is 4.79. The first-order chi connectivity index (χ1) is 17.1. The van der Waals surface area contributed by atoms with Crippen LogP contribution >= 0.6 is 11.3 Å². The SMILES string of the molecule is COc1ccc(C)cc1NC(=O)NCc1c(-c2cccs2)n(Cc2ccccc2)c2ccccc12. The van der Waals surface area contributed by atoms with Crippen molar-refractivity contribution in [3.05, 3.63) is 107 Å². The first-order valence-corrected chi connectivity index (χ1v) is 12.4. The average Bonchev–Trinajstić information content (AvgIpc) is 3.50. The minimum atomic E-state index is -0.272. The van der Waals surface area contributed by atoms with Crippen molar-refractivity contribution < 1.29 is 9.53 Å². The number of hydrogen-bond acceptors (Lipinski definition) is 3. The molecule has 0 aliphatic rings. The Balaban J connectivity index is 1.50. The highest BCUT2D eigenvalue weighted by Gasteiger charge is 2.20. The summed E-state index contributed by atoms with van der Waals surface area (Å²) < 4.78 is 7.76. The van der Waals surface area contributed by atoms with Gasteiger partial charge < -0.3 is 19.9 Å². The van der Waals surface area contributed by atoms with Crippen LogP contribution in [0.15, 0.2) is 90.3 Å². The van der Waals surface area contributed by atoms with E-state index >= 15 is 0 Å². The summed E-state index contributed by atoms with van der Waals surface area (Å²) in [6.07, 6.45) is 0. The number of ether oxygens (including phenoxy) is 1. The zero-order valence-electron chi connectivity index (χ0n) is 19.7. The lowest BCUT2D eigenvalue weighted by Crippen LogP contribution is -2.28. The predicted molar refractivity (Wildman–Crippen MR) is 144 cm³/mol. The van der Waals surface area contributed by atoms with Crippen LogP contribution in [0.2, 0.25) is 0 Å². The van der Waals surface area contributed by atoms with Crippen LogP contribution in [-0.2, 0) is 13.1 Å². The first kappa shape index (κ1) is 22.7. The van der Waals surface area contributed by atoms with E-state index in [0.29, 0.717) is 18.0 Å². The van der Waals surface area contributed by atoms with Crippen molar-refractivity contribution in [2.24, 2.45) is 0 Å².